The van der Waals surface area contributed by atoms with E-state index in [1.165, 1.54) is 0 Å². The Bertz CT molecular complexity index is 1430. The lowest BCUT2D eigenvalue weighted by molar-refractivity contribution is -0.120. The summed E-state index contributed by atoms with van der Waals surface area (Å²) in [5.74, 6) is -0.406. The Hall–Kier alpha value is -4.12. The van der Waals surface area contributed by atoms with Crippen molar-refractivity contribution in [2.75, 3.05) is 30.3 Å². The first-order chi connectivity index (χ1) is 16.7. The Kier molecular flexibility index (Phi) is 5.56. The third-order valence-corrected chi connectivity index (χ3v) is 5.90. The molecule has 4 aromatic heterocycles. The van der Waals surface area contributed by atoms with E-state index in [9.17, 15) is 9.59 Å². The van der Waals surface area contributed by atoms with Gasteiger partial charge in [-0.15, -0.1) is 10.2 Å². The average molecular weight is 474 g/mol. The van der Waals surface area contributed by atoms with Gasteiger partial charge in [0.1, 0.15) is 0 Å². The summed E-state index contributed by atoms with van der Waals surface area (Å²) in [7, 11) is 1.90. The molecule has 1 aliphatic rings. The largest absolute Gasteiger partial charge is 0.340 e. The van der Waals surface area contributed by atoms with Crippen LogP contribution in [0.1, 0.15) is 30.2 Å². The van der Waals surface area contributed by atoms with Gasteiger partial charge in [-0.05, 0) is 30.5 Å². The molecule has 11 nitrogen and oxygen atoms in total. The quantitative estimate of drug-likeness (QED) is 0.441. The Morgan fingerprint density at radius 3 is 2.63 bits per heavy atom. The van der Waals surface area contributed by atoms with Crippen LogP contribution in [-0.2, 0) is 11.8 Å². The Morgan fingerprint density at radius 2 is 1.91 bits per heavy atom. The van der Waals surface area contributed by atoms with Crippen LogP contribution in [0.4, 0.5) is 11.4 Å². The second-order valence-corrected chi connectivity index (χ2v) is 9.76. The number of likely N-dealkylation sites (tertiary alicyclic amines) is 1. The first kappa shape index (κ1) is 22.7. The predicted octanol–water partition coefficient (Wildman–Crippen LogP) is 2.37. The van der Waals surface area contributed by atoms with Gasteiger partial charge in [0.25, 0.3) is 5.91 Å². The minimum absolute atomic E-state index is 0.115. The van der Waals surface area contributed by atoms with Crippen LogP contribution in [0.3, 0.4) is 0 Å². The van der Waals surface area contributed by atoms with Crippen LogP contribution in [0.25, 0.3) is 16.9 Å². The topological polar surface area (TPSA) is 122 Å². The van der Waals surface area contributed by atoms with Gasteiger partial charge in [0.2, 0.25) is 11.7 Å². The lowest BCUT2D eigenvalue weighted by Crippen LogP contribution is -2.54. The zero-order chi connectivity index (χ0) is 24.7. The van der Waals surface area contributed by atoms with Crippen LogP contribution in [0, 0.1) is 12.3 Å². The molecule has 180 valence electrons. The first-order valence-electron chi connectivity index (χ1n) is 11.3. The molecule has 2 N–H and O–H groups in total. The standard InChI is InChI=1S/C24H27N9O2/c1-15-18(8-17(9-25-15)27-21(34)11-32-12-24(2,3)13-32)28-23(35)22-30-29-20-7-16(5-6-33(20)22)19-10-31(4)14-26-19/h5-10,14H,11-13H2,1-4H3,(H,27,34)(H,28,35). The fraction of sp³-hybridized carbons (Fsp3) is 0.333. The van der Waals surface area contributed by atoms with Crippen LogP contribution in [-0.4, -0.2) is 65.5 Å². The zero-order valence-corrected chi connectivity index (χ0v) is 20.1. The number of nitrogens with zero attached hydrogens (tertiary/aromatic N) is 7. The van der Waals surface area contributed by atoms with Crippen LogP contribution in [0.2, 0.25) is 0 Å². The van der Waals surface area contributed by atoms with Gasteiger partial charge >= 0.3 is 0 Å². The molecule has 0 aromatic carbocycles. The molecule has 0 bridgehead atoms. The highest BCUT2D eigenvalue weighted by atomic mass is 16.2. The highest BCUT2D eigenvalue weighted by Crippen LogP contribution is 2.28. The van der Waals surface area contributed by atoms with Crippen molar-refractivity contribution in [1.29, 1.82) is 0 Å². The van der Waals surface area contributed by atoms with E-state index < -0.39 is 5.91 Å². The summed E-state index contributed by atoms with van der Waals surface area (Å²) in [5.41, 5.74) is 4.09. The minimum atomic E-state index is -0.431. The first-order valence-corrected chi connectivity index (χ1v) is 11.3. The Balaban J connectivity index is 1.29. The van der Waals surface area contributed by atoms with Gasteiger partial charge in [0, 0.05) is 38.1 Å². The molecule has 0 radical (unpaired) electrons. The summed E-state index contributed by atoms with van der Waals surface area (Å²) >= 11 is 0. The van der Waals surface area contributed by atoms with E-state index in [2.05, 4.69) is 49.5 Å². The van der Waals surface area contributed by atoms with Gasteiger partial charge in [0.05, 0.1) is 41.8 Å². The number of carbonyl (C=O) groups excluding carboxylic acids is 2. The summed E-state index contributed by atoms with van der Waals surface area (Å²) in [4.78, 5) is 36.2. The van der Waals surface area contributed by atoms with E-state index in [4.69, 9.17) is 0 Å². The van der Waals surface area contributed by atoms with Crippen molar-refractivity contribution in [2.45, 2.75) is 20.8 Å². The van der Waals surface area contributed by atoms with E-state index in [0.29, 0.717) is 29.3 Å². The summed E-state index contributed by atoms with van der Waals surface area (Å²) in [6, 6.07) is 5.38. The molecule has 0 aliphatic carbocycles. The maximum absolute atomic E-state index is 13.0. The van der Waals surface area contributed by atoms with Gasteiger partial charge in [-0.1, -0.05) is 13.8 Å². The molecule has 0 unspecified atom stereocenters. The Morgan fingerprint density at radius 1 is 1.11 bits per heavy atom. The van der Waals surface area contributed by atoms with Crippen LogP contribution in [0.15, 0.2) is 43.1 Å². The number of aromatic nitrogens is 6. The number of pyridine rings is 2. The maximum Gasteiger partial charge on any atom is 0.294 e. The second kappa shape index (κ2) is 8.58. The van der Waals surface area contributed by atoms with Crippen LogP contribution in [0.5, 0.6) is 0 Å². The normalized spacial score (nSPS) is 15.1. The number of anilines is 2. The van der Waals surface area contributed by atoms with Crippen molar-refractivity contribution in [3.05, 3.63) is 54.6 Å². The van der Waals surface area contributed by atoms with Crippen LogP contribution < -0.4 is 10.6 Å². The molecule has 1 fully saturated rings. The van der Waals surface area contributed by atoms with Gasteiger partial charge in [-0.2, -0.15) is 0 Å². The maximum atomic E-state index is 13.0. The fourth-order valence-electron chi connectivity index (χ4n) is 4.35. The molecule has 35 heavy (non-hydrogen) atoms. The van der Waals surface area contributed by atoms with Crippen molar-refractivity contribution in [2.24, 2.45) is 12.5 Å². The number of hydrogen-bond donors (Lipinski definition) is 2. The van der Waals surface area contributed by atoms with Gasteiger partial charge in [-0.25, -0.2) is 4.98 Å². The lowest BCUT2D eigenvalue weighted by atomic mass is 9.84. The summed E-state index contributed by atoms with van der Waals surface area (Å²) < 4.78 is 3.48. The third kappa shape index (κ3) is 4.76. The smallest absolute Gasteiger partial charge is 0.294 e. The molecule has 5 rings (SSSR count). The number of aryl methyl sites for hydroxylation is 2. The van der Waals surface area contributed by atoms with Crippen molar-refractivity contribution in [3.8, 4) is 11.3 Å². The fourth-order valence-corrected chi connectivity index (χ4v) is 4.35. The summed E-state index contributed by atoms with van der Waals surface area (Å²) in [6.45, 7) is 8.25. The average Bonchev–Trinajstić information content (AvgIpc) is 3.40. The van der Waals surface area contributed by atoms with E-state index >= 15 is 0 Å². The molecular weight excluding hydrogens is 446 g/mol. The number of rotatable bonds is 6. The summed E-state index contributed by atoms with van der Waals surface area (Å²) in [5, 5.41) is 13.9. The number of amides is 2. The SMILES string of the molecule is Cc1ncc(NC(=O)CN2CC(C)(C)C2)cc1NC(=O)c1nnc2cc(-c3cn(C)cn3)ccn12. The molecular formula is C24H27N9O2. The number of hydrogen-bond acceptors (Lipinski definition) is 7. The molecule has 11 heteroatoms. The molecule has 4 aromatic rings. The zero-order valence-electron chi connectivity index (χ0n) is 20.1. The van der Waals surface area contributed by atoms with Crippen molar-refractivity contribution >= 4 is 28.8 Å². The third-order valence-electron chi connectivity index (χ3n) is 5.90. The highest BCUT2D eigenvalue weighted by Gasteiger charge is 2.34. The molecule has 1 saturated heterocycles. The molecule has 0 spiro atoms. The molecule has 0 saturated carbocycles. The minimum Gasteiger partial charge on any atom is -0.340 e. The molecule has 1 aliphatic heterocycles. The van der Waals surface area contributed by atoms with Crippen molar-refractivity contribution in [3.63, 3.8) is 0 Å². The lowest BCUT2D eigenvalue weighted by Gasteiger charge is -2.45. The van der Waals surface area contributed by atoms with E-state index in [1.54, 1.807) is 36.1 Å². The second-order valence-electron chi connectivity index (χ2n) is 9.76. The Labute approximate surface area is 202 Å². The van der Waals surface area contributed by atoms with Gasteiger partial charge in [-0.3, -0.25) is 23.9 Å². The highest BCUT2D eigenvalue weighted by molar-refractivity contribution is 6.03. The number of carbonyl (C=O) groups is 2. The molecule has 0 atom stereocenters. The van der Waals surface area contributed by atoms with Gasteiger partial charge in [0.15, 0.2) is 5.65 Å². The van der Waals surface area contributed by atoms with Crippen molar-refractivity contribution < 1.29 is 9.59 Å². The number of fused-ring (bicyclic) bond motifs is 1. The molecule has 5 heterocycles. The van der Waals surface area contributed by atoms with E-state index in [0.717, 1.165) is 24.3 Å². The van der Waals surface area contributed by atoms with E-state index in [-0.39, 0.29) is 17.1 Å². The van der Waals surface area contributed by atoms with Crippen molar-refractivity contribution in [1.82, 2.24) is 34.0 Å². The summed E-state index contributed by atoms with van der Waals surface area (Å²) in [6.07, 6.45) is 6.95. The predicted molar refractivity (Wildman–Crippen MR) is 131 cm³/mol. The monoisotopic (exact) mass is 473 g/mol. The van der Waals surface area contributed by atoms with Crippen LogP contribution >= 0.6 is 0 Å². The van der Waals surface area contributed by atoms with E-state index in [1.807, 2.05) is 29.9 Å². The molecule has 2 amide bonds. The number of nitrogens with one attached hydrogen (secondary N) is 2. The number of imidazole rings is 1. The van der Waals surface area contributed by atoms with Gasteiger partial charge < -0.3 is 15.2 Å².